The van der Waals surface area contributed by atoms with Crippen LogP contribution in [0.1, 0.15) is 35.0 Å². The standard InChI is InChI=1S/C18H21FN2O3S/c1-2-24-18(23)16-12(15-13(19)6-3-7-14(15)25-16)10-21-8-4-5-11(9-21)17(20)22/h3,6-7,11H,2,4-5,8-10H2,1H3,(H2,20,22)/p+1/t11-/m0/s1. The molecule has 0 spiro atoms. The molecule has 1 aliphatic rings. The lowest BCUT2D eigenvalue weighted by Gasteiger charge is -2.28. The highest BCUT2D eigenvalue weighted by molar-refractivity contribution is 7.21. The van der Waals surface area contributed by atoms with Gasteiger partial charge in [0.05, 0.1) is 25.6 Å². The number of thiophene rings is 1. The summed E-state index contributed by atoms with van der Waals surface area (Å²) in [7, 11) is 0. The number of esters is 1. The smallest absolute Gasteiger partial charge is 0.348 e. The largest absolute Gasteiger partial charge is 0.462 e. The van der Waals surface area contributed by atoms with Crippen LogP contribution in [0.2, 0.25) is 0 Å². The number of benzene rings is 1. The maximum atomic E-state index is 14.4. The van der Waals surface area contributed by atoms with Gasteiger partial charge in [0.15, 0.2) is 0 Å². The Morgan fingerprint density at radius 2 is 2.24 bits per heavy atom. The lowest BCUT2D eigenvalue weighted by molar-refractivity contribution is -0.920. The van der Waals surface area contributed by atoms with Gasteiger partial charge < -0.3 is 15.4 Å². The van der Waals surface area contributed by atoms with Crippen LogP contribution < -0.4 is 10.6 Å². The molecule has 1 unspecified atom stereocenters. The number of hydrogen-bond donors (Lipinski definition) is 2. The summed E-state index contributed by atoms with van der Waals surface area (Å²) in [6, 6.07) is 4.86. The van der Waals surface area contributed by atoms with Crippen molar-refractivity contribution in [2.75, 3.05) is 19.7 Å². The third-order valence-corrected chi connectivity index (χ3v) is 5.85. The molecule has 3 N–H and O–H groups in total. The van der Waals surface area contributed by atoms with E-state index in [-0.39, 0.29) is 24.2 Å². The Hall–Kier alpha value is -1.99. The fraction of sp³-hybridized carbons (Fsp3) is 0.444. The number of carbonyl (C=O) groups excluding carboxylic acids is 2. The fourth-order valence-corrected chi connectivity index (χ4v) is 4.63. The topological polar surface area (TPSA) is 73.8 Å². The molecule has 25 heavy (non-hydrogen) atoms. The van der Waals surface area contributed by atoms with Gasteiger partial charge in [-0.2, -0.15) is 0 Å². The van der Waals surface area contributed by atoms with Gasteiger partial charge in [0.1, 0.15) is 17.2 Å². The van der Waals surface area contributed by atoms with E-state index in [9.17, 15) is 14.0 Å². The third-order valence-electron chi connectivity index (χ3n) is 4.67. The maximum absolute atomic E-state index is 14.4. The first-order chi connectivity index (χ1) is 12.0. The van der Waals surface area contributed by atoms with E-state index in [1.165, 1.54) is 17.4 Å². The van der Waals surface area contributed by atoms with E-state index < -0.39 is 5.97 Å². The monoisotopic (exact) mass is 365 g/mol. The summed E-state index contributed by atoms with van der Waals surface area (Å²) in [6.45, 7) is 3.99. The number of likely N-dealkylation sites (tertiary alicyclic amines) is 1. The molecule has 1 aromatic heterocycles. The first-order valence-corrected chi connectivity index (χ1v) is 9.32. The van der Waals surface area contributed by atoms with Crippen LogP contribution in [0.5, 0.6) is 0 Å². The third kappa shape index (κ3) is 3.67. The molecule has 5 nitrogen and oxygen atoms in total. The summed E-state index contributed by atoms with van der Waals surface area (Å²) in [5, 5.41) is 0.490. The fourth-order valence-electron chi connectivity index (χ4n) is 3.50. The van der Waals surface area contributed by atoms with E-state index in [0.29, 0.717) is 28.9 Å². The Morgan fingerprint density at radius 1 is 1.44 bits per heavy atom. The van der Waals surface area contributed by atoms with Crippen LogP contribution in [0, 0.1) is 11.7 Å². The predicted octanol–water partition coefficient (Wildman–Crippen LogP) is 1.50. The summed E-state index contributed by atoms with van der Waals surface area (Å²) in [6.07, 6.45) is 1.69. The number of ether oxygens (including phenoxy) is 1. The lowest BCUT2D eigenvalue weighted by Crippen LogP contribution is -3.12. The highest BCUT2D eigenvalue weighted by Crippen LogP contribution is 2.33. The highest BCUT2D eigenvalue weighted by Gasteiger charge is 2.30. The average Bonchev–Trinajstić information content (AvgIpc) is 2.95. The second-order valence-electron chi connectivity index (χ2n) is 6.37. The summed E-state index contributed by atoms with van der Waals surface area (Å²) in [5.41, 5.74) is 6.13. The SMILES string of the molecule is CCOC(=O)c1sc2cccc(F)c2c1C[NH+]1CCC[C@H](C(N)=O)C1. The summed E-state index contributed by atoms with van der Waals surface area (Å²) in [5.74, 6) is -1.20. The van der Waals surface area contributed by atoms with Crippen LogP contribution in [0.3, 0.4) is 0 Å². The van der Waals surface area contributed by atoms with Crippen molar-refractivity contribution in [1.82, 2.24) is 0 Å². The van der Waals surface area contributed by atoms with E-state index in [0.717, 1.165) is 29.0 Å². The minimum absolute atomic E-state index is 0.162. The Labute approximate surface area is 149 Å². The normalized spacial score (nSPS) is 20.6. The Kier molecular flexibility index (Phi) is 5.34. The van der Waals surface area contributed by atoms with E-state index in [1.54, 1.807) is 13.0 Å². The number of fused-ring (bicyclic) bond motifs is 1. The Bertz CT molecular complexity index is 805. The molecule has 2 atom stereocenters. The number of halogens is 1. The second-order valence-corrected chi connectivity index (χ2v) is 7.42. The molecule has 3 rings (SSSR count). The van der Waals surface area contributed by atoms with E-state index in [1.807, 2.05) is 6.07 Å². The molecular formula is C18H22FN2O3S+. The van der Waals surface area contributed by atoms with Crippen molar-refractivity contribution in [3.8, 4) is 0 Å². The van der Waals surface area contributed by atoms with Crippen molar-refractivity contribution in [3.05, 3.63) is 34.5 Å². The molecule has 2 aromatic rings. The molecule has 7 heteroatoms. The molecule has 0 aliphatic carbocycles. The lowest BCUT2D eigenvalue weighted by atomic mass is 9.97. The zero-order valence-corrected chi connectivity index (χ0v) is 15.0. The number of hydrogen-bond acceptors (Lipinski definition) is 4. The van der Waals surface area contributed by atoms with Gasteiger partial charge in [-0.15, -0.1) is 11.3 Å². The first kappa shape index (κ1) is 17.8. The molecule has 1 aromatic carbocycles. The predicted molar refractivity (Wildman–Crippen MR) is 94.1 cm³/mol. The number of piperidine rings is 1. The number of nitrogens with two attached hydrogens (primary N) is 1. The zero-order chi connectivity index (χ0) is 18.0. The molecule has 1 amide bonds. The van der Waals surface area contributed by atoms with Gasteiger partial charge in [-0.25, -0.2) is 9.18 Å². The molecule has 0 saturated carbocycles. The van der Waals surface area contributed by atoms with Gasteiger partial charge in [-0.3, -0.25) is 4.79 Å². The van der Waals surface area contributed by atoms with Crippen LogP contribution in [-0.4, -0.2) is 31.6 Å². The summed E-state index contributed by atoms with van der Waals surface area (Å²) in [4.78, 5) is 25.4. The molecule has 1 aliphatic heterocycles. The van der Waals surface area contributed by atoms with Crippen LogP contribution in [0.25, 0.3) is 10.1 Å². The number of nitrogens with one attached hydrogen (secondary N) is 1. The van der Waals surface area contributed by atoms with Gasteiger partial charge in [-0.1, -0.05) is 6.07 Å². The van der Waals surface area contributed by atoms with Crippen molar-refractivity contribution in [1.29, 1.82) is 0 Å². The first-order valence-electron chi connectivity index (χ1n) is 8.51. The number of primary amides is 1. The van der Waals surface area contributed by atoms with Crippen molar-refractivity contribution >= 4 is 33.3 Å². The van der Waals surface area contributed by atoms with E-state index >= 15 is 0 Å². The van der Waals surface area contributed by atoms with Crippen molar-refractivity contribution in [3.63, 3.8) is 0 Å². The minimum Gasteiger partial charge on any atom is -0.462 e. The van der Waals surface area contributed by atoms with Crippen molar-refractivity contribution in [2.45, 2.75) is 26.3 Å². The van der Waals surface area contributed by atoms with Crippen molar-refractivity contribution in [2.24, 2.45) is 11.7 Å². The van der Waals surface area contributed by atoms with Crippen molar-refractivity contribution < 1.29 is 23.6 Å². The Balaban J connectivity index is 1.97. The Morgan fingerprint density at radius 3 is 2.96 bits per heavy atom. The summed E-state index contributed by atoms with van der Waals surface area (Å²) < 4.78 is 20.3. The van der Waals surface area contributed by atoms with Gasteiger partial charge in [0.2, 0.25) is 5.91 Å². The average molecular weight is 365 g/mol. The van der Waals surface area contributed by atoms with Gasteiger partial charge in [0.25, 0.3) is 0 Å². The number of rotatable bonds is 5. The van der Waals surface area contributed by atoms with Gasteiger partial charge in [-0.05, 0) is 31.9 Å². The maximum Gasteiger partial charge on any atom is 0.348 e. The number of quaternary nitrogens is 1. The molecule has 0 bridgehead atoms. The zero-order valence-electron chi connectivity index (χ0n) is 14.1. The molecule has 0 radical (unpaired) electrons. The van der Waals surface area contributed by atoms with Gasteiger partial charge in [0, 0.05) is 15.6 Å². The van der Waals surface area contributed by atoms with Crippen LogP contribution in [-0.2, 0) is 16.1 Å². The van der Waals surface area contributed by atoms with Crippen LogP contribution in [0.15, 0.2) is 18.2 Å². The molecule has 2 heterocycles. The molecule has 134 valence electrons. The number of amides is 1. The second kappa shape index (κ2) is 7.49. The van der Waals surface area contributed by atoms with Crippen LogP contribution >= 0.6 is 11.3 Å². The quantitative estimate of drug-likeness (QED) is 0.789. The highest BCUT2D eigenvalue weighted by atomic mass is 32.1. The number of carbonyl (C=O) groups is 2. The van der Waals surface area contributed by atoms with E-state index in [4.69, 9.17) is 10.5 Å². The summed E-state index contributed by atoms with van der Waals surface area (Å²) >= 11 is 1.26. The van der Waals surface area contributed by atoms with Gasteiger partial charge >= 0.3 is 5.97 Å². The minimum atomic E-state index is -0.416. The molecule has 1 fully saturated rings. The van der Waals surface area contributed by atoms with Crippen LogP contribution in [0.4, 0.5) is 4.39 Å². The molecular weight excluding hydrogens is 343 g/mol. The molecule has 1 saturated heterocycles. The van der Waals surface area contributed by atoms with E-state index in [2.05, 4.69) is 0 Å².